The van der Waals surface area contributed by atoms with Gasteiger partial charge in [0.1, 0.15) is 5.76 Å². The fourth-order valence-corrected chi connectivity index (χ4v) is 3.51. The highest BCUT2D eigenvalue weighted by Crippen LogP contribution is 2.15. The number of hydrogen-bond donors (Lipinski definition) is 0. The van der Waals surface area contributed by atoms with Crippen molar-refractivity contribution in [3.8, 4) is 0 Å². The maximum atomic E-state index is 12.6. The summed E-state index contributed by atoms with van der Waals surface area (Å²) in [5.41, 5.74) is 0. The number of hydrogen-bond acceptors (Lipinski definition) is 5. The summed E-state index contributed by atoms with van der Waals surface area (Å²) in [6.07, 6.45) is 5.34. The molecule has 2 aliphatic rings. The Labute approximate surface area is 138 Å². The molecule has 2 aliphatic heterocycles. The van der Waals surface area contributed by atoms with Gasteiger partial charge in [0, 0.05) is 39.3 Å². The van der Waals surface area contributed by atoms with Crippen LogP contribution in [0.2, 0.25) is 0 Å². The van der Waals surface area contributed by atoms with E-state index in [1.165, 1.54) is 6.42 Å². The van der Waals surface area contributed by atoms with Crippen LogP contribution < -0.4 is 0 Å². The smallest absolute Gasteiger partial charge is 0.239 e. The zero-order valence-electron chi connectivity index (χ0n) is 14.3. The summed E-state index contributed by atoms with van der Waals surface area (Å²) in [5.74, 6) is 1.95. The second-order valence-electron chi connectivity index (χ2n) is 6.74. The summed E-state index contributed by atoms with van der Waals surface area (Å²) in [7, 11) is 0. The Bertz CT molecular complexity index is 516. The number of carbonyl (C=O) groups is 1. The molecule has 0 bridgehead atoms. The average Bonchev–Trinajstić information content (AvgIpc) is 3.00. The van der Waals surface area contributed by atoms with Gasteiger partial charge in [-0.15, -0.1) is 0 Å². The minimum atomic E-state index is -0.000711. The van der Waals surface area contributed by atoms with Crippen LogP contribution in [-0.4, -0.2) is 70.9 Å². The molecule has 6 nitrogen and oxygen atoms in total. The molecule has 2 fully saturated rings. The third-order valence-electron chi connectivity index (χ3n) is 5.01. The van der Waals surface area contributed by atoms with Crippen molar-refractivity contribution in [2.75, 3.05) is 39.3 Å². The highest BCUT2D eigenvalue weighted by Gasteiger charge is 2.29. The van der Waals surface area contributed by atoms with Crippen molar-refractivity contribution < 1.29 is 9.21 Å². The van der Waals surface area contributed by atoms with Gasteiger partial charge in [0.15, 0.2) is 0 Å². The number of aromatic nitrogens is 1. The van der Waals surface area contributed by atoms with Crippen molar-refractivity contribution in [3.63, 3.8) is 0 Å². The molecule has 2 saturated heterocycles. The molecule has 1 aromatic rings. The molecule has 23 heavy (non-hydrogen) atoms. The third kappa shape index (κ3) is 4.12. The molecule has 3 heterocycles. The molecule has 128 valence electrons. The van der Waals surface area contributed by atoms with E-state index in [2.05, 4.69) is 26.6 Å². The van der Waals surface area contributed by atoms with Crippen LogP contribution in [0.3, 0.4) is 0 Å². The second-order valence-corrected chi connectivity index (χ2v) is 6.74. The monoisotopic (exact) mass is 320 g/mol. The summed E-state index contributed by atoms with van der Waals surface area (Å²) in [4.78, 5) is 23.6. The lowest BCUT2D eigenvalue weighted by molar-refractivity contribution is -0.138. The first-order valence-corrected chi connectivity index (χ1v) is 8.80. The molecule has 0 spiro atoms. The highest BCUT2D eigenvalue weighted by molar-refractivity contribution is 5.81. The molecule has 0 N–H and O–H groups in total. The van der Waals surface area contributed by atoms with Gasteiger partial charge >= 0.3 is 0 Å². The SMILES string of the molecule is Cc1cnc(CN2CCN(C(C)C(=O)N3CCCCC3)CC2)o1. The summed E-state index contributed by atoms with van der Waals surface area (Å²) in [5, 5.41) is 0. The van der Waals surface area contributed by atoms with Crippen LogP contribution in [0.15, 0.2) is 10.6 Å². The van der Waals surface area contributed by atoms with Crippen molar-refractivity contribution in [2.24, 2.45) is 0 Å². The van der Waals surface area contributed by atoms with E-state index < -0.39 is 0 Å². The number of nitrogens with zero attached hydrogens (tertiary/aromatic N) is 4. The summed E-state index contributed by atoms with van der Waals surface area (Å²) >= 11 is 0. The number of carbonyl (C=O) groups excluding carboxylic acids is 1. The fraction of sp³-hybridized carbons (Fsp3) is 0.765. The largest absolute Gasteiger partial charge is 0.445 e. The number of oxazole rings is 1. The van der Waals surface area contributed by atoms with Crippen molar-refractivity contribution in [1.29, 1.82) is 0 Å². The van der Waals surface area contributed by atoms with Gasteiger partial charge < -0.3 is 9.32 Å². The molecule has 0 aliphatic carbocycles. The molecule has 1 aromatic heterocycles. The molecule has 1 amide bonds. The Hall–Kier alpha value is -1.40. The van der Waals surface area contributed by atoms with E-state index in [9.17, 15) is 4.79 Å². The van der Waals surface area contributed by atoms with E-state index in [0.717, 1.165) is 70.3 Å². The van der Waals surface area contributed by atoms with E-state index in [0.29, 0.717) is 5.91 Å². The Morgan fingerprint density at radius 2 is 1.87 bits per heavy atom. The van der Waals surface area contributed by atoms with Crippen LogP contribution in [-0.2, 0) is 11.3 Å². The van der Waals surface area contributed by atoms with Gasteiger partial charge in [-0.05, 0) is 33.1 Å². The minimum absolute atomic E-state index is 0.000711. The third-order valence-corrected chi connectivity index (χ3v) is 5.01. The predicted octanol–water partition coefficient (Wildman–Crippen LogP) is 1.50. The lowest BCUT2D eigenvalue weighted by atomic mass is 10.1. The van der Waals surface area contributed by atoms with Crippen LogP contribution in [0.1, 0.15) is 37.8 Å². The standard InChI is InChI=1S/C17H28N4O2/c1-14-12-18-16(23-14)13-19-8-10-20(11-9-19)15(2)17(22)21-6-4-3-5-7-21/h12,15H,3-11,13H2,1-2H3. The normalized spacial score (nSPS) is 22.3. The van der Waals surface area contributed by atoms with E-state index in [1.54, 1.807) is 6.20 Å². The Balaban J connectivity index is 1.46. The summed E-state index contributed by atoms with van der Waals surface area (Å²) in [6, 6.07) is -0.000711. The van der Waals surface area contributed by atoms with E-state index >= 15 is 0 Å². The Morgan fingerprint density at radius 1 is 1.17 bits per heavy atom. The van der Waals surface area contributed by atoms with Gasteiger partial charge in [0.2, 0.25) is 11.8 Å². The molecule has 0 saturated carbocycles. The van der Waals surface area contributed by atoms with Gasteiger partial charge in [-0.3, -0.25) is 14.6 Å². The van der Waals surface area contributed by atoms with E-state index in [4.69, 9.17) is 4.42 Å². The van der Waals surface area contributed by atoms with Gasteiger partial charge in [-0.1, -0.05) is 0 Å². The van der Waals surface area contributed by atoms with E-state index in [1.807, 2.05) is 6.92 Å². The number of aryl methyl sites for hydroxylation is 1. The fourth-order valence-electron chi connectivity index (χ4n) is 3.51. The average molecular weight is 320 g/mol. The first-order chi connectivity index (χ1) is 11.1. The topological polar surface area (TPSA) is 52.8 Å². The molecular weight excluding hydrogens is 292 g/mol. The number of piperidine rings is 1. The Morgan fingerprint density at radius 3 is 2.48 bits per heavy atom. The number of amides is 1. The molecular formula is C17H28N4O2. The van der Waals surface area contributed by atoms with E-state index in [-0.39, 0.29) is 6.04 Å². The first-order valence-electron chi connectivity index (χ1n) is 8.80. The van der Waals surface area contributed by atoms with Crippen LogP contribution >= 0.6 is 0 Å². The van der Waals surface area contributed by atoms with Crippen LogP contribution in [0, 0.1) is 6.92 Å². The first kappa shape index (κ1) is 16.5. The zero-order chi connectivity index (χ0) is 16.2. The molecule has 1 unspecified atom stereocenters. The zero-order valence-corrected chi connectivity index (χ0v) is 14.3. The molecule has 6 heteroatoms. The predicted molar refractivity (Wildman–Crippen MR) is 88.0 cm³/mol. The van der Waals surface area contributed by atoms with Crippen LogP contribution in [0.25, 0.3) is 0 Å². The number of piperazine rings is 1. The lowest BCUT2D eigenvalue weighted by Gasteiger charge is -2.39. The van der Waals surface area contributed by atoms with Gasteiger partial charge in [0.25, 0.3) is 0 Å². The maximum absolute atomic E-state index is 12.6. The second kappa shape index (κ2) is 7.45. The van der Waals surface area contributed by atoms with Crippen LogP contribution in [0.4, 0.5) is 0 Å². The maximum Gasteiger partial charge on any atom is 0.239 e. The van der Waals surface area contributed by atoms with Crippen molar-refractivity contribution in [1.82, 2.24) is 19.7 Å². The van der Waals surface area contributed by atoms with Crippen molar-refractivity contribution in [2.45, 2.75) is 45.7 Å². The van der Waals surface area contributed by atoms with Crippen molar-refractivity contribution >= 4 is 5.91 Å². The molecule has 3 rings (SSSR count). The molecule has 0 aromatic carbocycles. The summed E-state index contributed by atoms with van der Waals surface area (Å²) < 4.78 is 5.55. The minimum Gasteiger partial charge on any atom is -0.445 e. The molecule has 1 atom stereocenters. The number of likely N-dealkylation sites (tertiary alicyclic amines) is 1. The highest BCUT2D eigenvalue weighted by atomic mass is 16.4. The van der Waals surface area contributed by atoms with Crippen molar-refractivity contribution in [3.05, 3.63) is 17.8 Å². The number of rotatable bonds is 4. The quantitative estimate of drug-likeness (QED) is 0.841. The van der Waals surface area contributed by atoms with Crippen LogP contribution in [0.5, 0.6) is 0 Å². The van der Waals surface area contributed by atoms with Gasteiger partial charge in [-0.2, -0.15) is 0 Å². The Kier molecular flexibility index (Phi) is 5.33. The van der Waals surface area contributed by atoms with Gasteiger partial charge in [0.05, 0.1) is 18.8 Å². The molecule has 0 radical (unpaired) electrons. The summed E-state index contributed by atoms with van der Waals surface area (Å²) in [6.45, 7) is 10.4. The lowest BCUT2D eigenvalue weighted by Crippen LogP contribution is -2.54. The van der Waals surface area contributed by atoms with Gasteiger partial charge in [-0.25, -0.2) is 4.98 Å².